The van der Waals surface area contributed by atoms with Crippen molar-refractivity contribution in [1.82, 2.24) is 20.3 Å². The number of nitrogens with one attached hydrogen (secondary N) is 3. The van der Waals surface area contributed by atoms with Gasteiger partial charge >= 0.3 is 0 Å². The van der Waals surface area contributed by atoms with Gasteiger partial charge in [0.15, 0.2) is 0 Å². The molecule has 0 bridgehead atoms. The number of para-hydroxylation sites is 1. The molecule has 0 radical (unpaired) electrons. The minimum absolute atomic E-state index is 0.151. The van der Waals surface area contributed by atoms with E-state index in [9.17, 15) is 9.90 Å². The van der Waals surface area contributed by atoms with E-state index in [1.54, 1.807) is 0 Å². The van der Waals surface area contributed by atoms with E-state index in [4.69, 9.17) is 9.97 Å². The number of benzene rings is 1. The van der Waals surface area contributed by atoms with E-state index in [0.717, 1.165) is 49.8 Å². The molecule has 0 amide bonds. The number of hydrogen-bond donors (Lipinski definition) is 4. The Balaban J connectivity index is 1.57. The molecule has 2 aliphatic heterocycles. The van der Waals surface area contributed by atoms with Crippen LogP contribution < -0.4 is 21.1 Å². The first kappa shape index (κ1) is 20.0. The van der Waals surface area contributed by atoms with Gasteiger partial charge in [-0.15, -0.1) is 0 Å². The second-order valence-corrected chi connectivity index (χ2v) is 8.47. The zero-order valence-corrected chi connectivity index (χ0v) is 17.5. The summed E-state index contributed by atoms with van der Waals surface area (Å²) in [6.45, 7) is 3.47. The minimum Gasteiger partial charge on any atom is -0.396 e. The highest BCUT2D eigenvalue weighted by Crippen LogP contribution is 2.28. The summed E-state index contributed by atoms with van der Waals surface area (Å²) in [6, 6.07) is 12.0. The molecule has 31 heavy (non-hydrogen) atoms. The molecule has 0 spiro atoms. The Labute approximate surface area is 180 Å². The largest absolute Gasteiger partial charge is 0.396 e. The summed E-state index contributed by atoms with van der Waals surface area (Å²) in [4.78, 5) is 27.9. The summed E-state index contributed by atoms with van der Waals surface area (Å²) in [7, 11) is 0. The summed E-state index contributed by atoms with van der Waals surface area (Å²) in [5.74, 6) is 1.34. The number of fused-ring (bicyclic) bond motifs is 1. The maximum absolute atomic E-state index is 13.3. The van der Waals surface area contributed by atoms with Gasteiger partial charge in [-0.2, -0.15) is 4.98 Å². The predicted octanol–water partition coefficient (Wildman–Crippen LogP) is 1.97. The SMILES string of the molecule is O=c1[nH]c(N2CCC(CO)C2)nc(N[C@@H]2CCCNC2)c1-c1ccc2ccccc2n1. The third kappa shape index (κ3) is 4.13. The lowest BCUT2D eigenvalue weighted by atomic mass is 10.1. The highest BCUT2D eigenvalue weighted by atomic mass is 16.3. The average molecular weight is 421 g/mol. The molecule has 0 aliphatic carbocycles. The number of aliphatic hydroxyl groups is 1. The van der Waals surface area contributed by atoms with Crippen LogP contribution in [0.2, 0.25) is 0 Å². The van der Waals surface area contributed by atoms with Crippen LogP contribution in [0.15, 0.2) is 41.2 Å². The zero-order valence-electron chi connectivity index (χ0n) is 17.5. The first-order valence-electron chi connectivity index (χ1n) is 11.0. The average Bonchev–Trinajstić information content (AvgIpc) is 3.29. The van der Waals surface area contributed by atoms with E-state index < -0.39 is 0 Å². The van der Waals surface area contributed by atoms with Crippen LogP contribution in [0.1, 0.15) is 19.3 Å². The molecule has 5 rings (SSSR count). The lowest BCUT2D eigenvalue weighted by Crippen LogP contribution is -2.39. The first-order valence-corrected chi connectivity index (χ1v) is 11.0. The molecule has 3 aromatic rings. The summed E-state index contributed by atoms with van der Waals surface area (Å²) in [5.41, 5.74) is 1.73. The van der Waals surface area contributed by atoms with Crippen molar-refractivity contribution in [3.05, 3.63) is 46.8 Å². The molecule has 2 fully saturated rings. The molecule has 0 saturated carbocycles. The quantitative estimate of drug-likeness (QED) is 0.500. The Morgan fingerprint density at radius 1 is 1.16 bits per heavy atom. The van der Waals surface area contributed by atoms with Gasteiger partial charge in [0.1, 0.15) is 11.4 Å². The number of hydrogen-bond acceptors (Lipinski definition) is 7. The van der Waals surface area contributed by atoms with E-state index in [2.05, 4.69) is 15.6 Å². The van der Waals surface area contributed by atoms with Gasteiger partial charge in [0, 0.05) is 43.6 Å². The maximum atomic E-state index is 13.3. The van der Waals surface area contributed by atoms with Crippen molar-refractivity contribution in [3.8, 4) is 11.3 Å². The molecular formula is C23H28N6O2. The molecule has 1 aromatic carbocycles. The van der Waals surface area contributed by atoms with E-state index >= 15 is 0 Å². The smallest absolute Gasteiger partial charge is 0.263 e. The van der Waals surface area contributed by atoms with Crippen molar-refractivity contribution in [1.29, 1.82) is 0 Å². The van der Waals surface area contributed by atoms with Crippen molar-refractivity contribution in [2.24, 2.45) is 5.92 Å². The Bertz CT molecular complexity index is 1120. The Morgan fingerprint density at radius 2 is 2.06 bits per heavy atom. The molecule has 2 saturated heterocycles. The Hall–Kier alpha value is -2.97. The first-order chi connectivity index (χ1) is 15.2. The van der Waals surface area contributed by atoms with Crippen molar-refractivity contribution >= 4 is 22.7 Å². The van der Waals surface area contributed by atoms with E-state index in [1.807, 2.05) is 41.3 Å². The molecule has 4 heterocycles. The summed E-state index contributed by atoms with van der Waals surface area (Å²) < 4.78 is 0. The number of H-pyrrole nitrogens is 1. The molecule has 162 valence electrons. The third-order valence-electron chi connectivity index (χ3n) is 6.24. The topological polar surface area (TPSA) is 106 Å². The van der Waals surface area contributed by atoms with Gasteiger partial charge in [0.25, 0.3) is 5.56 Å². The normalized spacial score (nSPS) is 21.5. The van der Waals surface area contributed by atoms with Crippen LogP contribution in [0.4, 0.5) is 11.8 Å². The van der Waals surface area contributed by atoms with Crippen LogP contribution in [0, 0.1) is 5.92 Å². The maximum Gasteiger partial charge on any atom is 0.263 e. The monoisotopic (exact) mass is 420 g/mol. The molecule has 8 nitrogen and oxygen atoms in total. The third-order valence-corrected chi connectivity index (χ3v) is 6.24. The van der Waals surface area contributed by atoms with Crippen LogP contribution in [0.3, 0.4) is 0 Å². The number of piperidine rings is 1. The number of aromatic amines is 1. The van der Waals surface area contributed by atoms with Gasteiger partial charge < -0.3 is 20.6 Å². The van der Waals surface area contributed by atoms with E-state index in [0.29, 0.717) is 29.6 Å². The van der Waals surface area contributed by atoms with Crippen molar-refractivity contribution in [2.45, 2.75) is 25.3 Å². The van der Waals surface area contributed by atoms with E-state index in [-0.39, 0.29) is 24.1 Å². The van der Waals surface area contributed by atoms with Gasteiger partial charge in [0.05, 0.1) is 11.2 Å². The fourth-order valence-corrected chi connectivity index (χ4v) is 4.50. The second-order valence-electron chi connectivity index (χ2n) is 8.47. The lowest BCUT2D eigenvalue weighted by molar-refractivity contribution is 0.238. The standard InChI is InChI=1S/C23H28N6O2/c30-14-15-9-11-29(13-15)23-27-21(25-17-5-3-10-24-12-17)20(22(31)28-23)19-8-7-16-4-1-2-6-18(16)26-19/h1-2,4,6-8,15,17,24,30H,3,5,9-14H2,(H2,25,27,28,31)/t15?,17-/m1/s1. The van der Waals surface area contributed by atoms with Crippen LogP contribution in [-0.4, -0.2) is 58.9 Å². The van der Waals surface area contributed by atoms with Gasteiger partial charge in [-0.1, -0.05) is 24.3 Å². The Kier molecular flexibility index (Phi) is 5.57. The molecule has 4 N–H and O–H groups in total. The Morgan fingerprint density at radius 3 is 2.87 bits per heavy atom. The lowest BCUT2D eigenvalue weighted by Gasteiger charge is -2.26. The zero-order chi connectivity index (χ0) is 21.2. The number of aliphatic hydroxyl groups excluding tert-OH is 1. The molecule has 2 aromatic heterocycles. The van der Waals surface area contributed by atoms with Crippen molar-refractivity contribution < 1.29 is 5.11 Å². The van der Waals surface area contributed by atoms with Crippen molar-refractivity contribution in [2.75, 3.05) is 43.0 Å². The minimum atomic E-state index is -0.202. The number of nitrogens with zero attached hydrogens (tertiary/aromatic N) is 3. The highest BCUT2D eigenvalue weighted by molar-refractivity contribution is 5.83. The fraction of sp³-hybridized carbons (Fsp3) is 0.435. The molecule has 2 aliphatic rings. The van der Waals surface area contributed by atoms with Crippen LogP contribution in [-0.2, 0) is 0 Å². The predicted molar refractivity (Wildman–Crippen MR) is 123 cm³/mol. The number of rotatable bonds is 5. The molecule has 8 heteroatoms. The molecular weight excluding hydrogens is 392 g/mol. The number of aromatic nitrogens is 3. The second kappa shape index (κ2) is 8.64. The highest BCUT2D eigenvalue weighted by Gasteiger charge is 2.26. The van der Waals surface area contributed by atoms with Gasteiger partial charge in [-0.05, 0) is 37.9 Å². The van der Waals surface area contributed by atoms with Gasteiger partial charge in [-0.3, -0.25) is 9.78 Å². The number of pyridine rings is 1. The van der Waals surface area contributed by atoms with Crippen LogP contribution >= 0.6 is 0 Å². The van der Waals surface area contributed by atoms with Crippen LogP contribution in [0.5, 0.6) is 0 Å². The van der Waals surface area contributed by atoms with Gasteiger partial charge in [-0.25, -0.2) is 4.98 Å². The fourth-order valence-electron chi connectivity index (χ4n) is 4.50. The molecule has 2 atom stereocenters. The van der Waals surface area contributed by atoms with Crippen LogP contribution in [0.25, 0.3) is 22.2 Å². The van der Waals surface area contributed by atoms with Gasteiger partial charge in [0.2, 0.25) is 5.95 Å². The summed E-state index contributed by atoms with van der Waals surface area (Å²) >= 11 is 0. The molecule has 1 unspecified atom stereocenters. The number of anilines is 2. The summed E-state index contributed by atoms with van der Waals surface area (Å²) in [6.07, 6.45) is 3.00. The summed E-state index contributed by atoms with van der Waals surface area (Å²) in [5, 5.41) is 17.4. The van der Waals surface area contributed by atoms with E-state index in [1.165, 1.54) is 0 Å². The van der Waals surface area contributed by atoms with Crippen molar-refractivity contribution in [3.63, 3.8) is 0 Å².